The number of hydrogen-bond donors (Lipinski definition) is 0. The van der Waals surface area contributed by atoms with Crippen LogP contribution in [0.1, 0.15) is 49.5 Å². The lowest BCUT2D eigenvalue weighted by Gasteiger charge is -2.13. The van der Waals surface area contributed by atoms with Gasteiger partial charge < -0.3 is 4.74 Å². The van der Waals surface area contributed by atoms with Gasteiger partial charge >= 0.3 is 5.97 Å². The van der Waals surface area contributed by atoms with Crippen molar-refractivity contribution in [1.82, 2.24) is 0 Å². The molecule has 6 heteroatoms. The average Bonchev–Trinajstić information content (AvgIpc) is 2.43. The Labute approximate surface area is 130 Å². The van der Waals surface area contributed by atoms with Crippen molar-refractivity contribution in [3.63, 3.8) is 0 Å². The number of ether oxygens (including phenoxy) is 1. The first-order valence-corrected chi connectivity index (χ1v) is 9.35. The molecule has 1 aromatic carbocycles. The van der Waals surface area contributed by atoms with Gasteiger partial charge in [-0.15, -0.1) is 0 Å². The predicted molar refractivity (Wildman–Crippen MR) is 83.2 cm³/mol. The van der Waals surface area contributed by atoms with Gasteiger partial charge in [0.25, 0.3) is 9.05 Å². The maximum atomic E-state index is 12.2. The Morgan fingerprint density at radius 3 is 2.52 bits per heavy atom. The van der Waals surface area contributed by atoms with Gasteiger partial charge in [-0.2, -0.15) is 0 Å². The lowest BCUT2D eigenvalue weighted by atomic mass is 10.1. The van der Waals surface area contributed by atoms with Crippen LogP contribution in [-0.4, -0.2) is 21.0 Å². The van der Waals surface area contributed by atoms with Crippen molar-refractivity contribution in [2.24, 2.45) is 5.92 Å². The Bertz CT molecular complexity index is 596. The molecule has 0 amide bonds. The summed E-state index contributed by atoms with van der Waals surface area (Å²) in [5.41, 5.74) is 1.01. The minimum Gasteiger partial charge on any atom is -0.462 e. The highest BCUT2D eigenvalue weighted by atomic mass is 35.7. The summed E-state index contributed by atoms with van der Waals surface area (Å²) in [6.45, 7) is 6.30. The molecule has 0 N–H and O–H groups in total. The Hall–Kier alpha value is -1.07. The van der Waals surface area contributed by atoms with Gasteiger partial charge in [0.2, 0.25) is 0 Å². The SMILES string of the molecule is CCCC(C)COC(=O)c1cc(S(=O)(=O)Cl)ccc1CC. The molecule has 0 aromatic heterocycles. The van der Waals surface area contributed by atoms with E-state index in [1.54, 1.807) is 6.07 Å². The zero-order valence-corrected chi connectivity index (χ0v) is 14.1. The number of rotatable bonds is 7. The van der Waals surface area contributed by atoms with Crippen molar-refractivity contribution in [2.75, 3.05) is 6.61 Å². The van der Waals surface area contributed by atoms with Crippen LogP contribution in [0.3, 0.4) is 0 Å². The molecule has 1 rings (SSSR count). The van der Waals surface area contributed by atoms with Crippen LogP contribution in [0, 0.1) is 5.92 Å². The van der Waals surface area contributed by atoms with E-state index in [0.717, 1.165) is 18.4 Å². The molecule has 21 heavy (non-hydrogen) atoms. The molecule has 4 nitrogen and oxygen atoms in total. The first kappa shape index (κ1) is 18.0. The normalized spacial score (nSPS) is 13.0. The number of hydrogen-bond acceptors (Lipinski definition) is 4. The number of halogens is 1. The van der Waals surface area contributed by atoms with Gasteiger partial charge in [0, 0.05) is 10.7 Å². The summed E-state index contributed by atoms with van der Waals surface area (Å²) >= 11 is 0. The van der Waals surface area contributed by atoms with Crippen molar-refractivity contribution >= 4 is 25.7 Å². The lowest BCUT2D eigenvalue weighted by molar-refractivity contribution is 0.0442. The van der Waals surface area contributed by atoms with E-state index in [1.165, 1.54) is 12.1 Å². The molecule has 0 aliphatic rings. The summed E-state index contributed by atoms with van der Waals surface area (Å²) in [6, 6.07) is 4.28. The molecule has 118 valence electrons. The second-order valence-corrected chi connectivity index (χ2v) is 7.67. The molecule has 0 aliphatic carbocycles. The Morgan fingerprint density at radius 1 is 1.33 bits per heavy atom. The minimum atomic E-state index is -3.86. The van der Waals surface area contributed by atoms with Crippen LogP contribution in [0.5, 0.6) is 0 Å². The van der Waals surface area contributed by atoms with Crippen molar-refractivity contribution < 1.29 is 17.9 Å². The molecule has 0 saturated carbocycles. The van der Waals surface area contributed by atoms with E-state index in [-0.39, 0.29) is 16.4 Å². The van der Waals surface area contributed by atoms with E-state index < -0.39 is 15.0 Å². The van der Waals surface area contributed by atoms with Gasteiger partial charge in [0.15, 0.2) is 0 Å². The van der Waals surface area contributed by atoms with Crippen LogP contribution in [0.25, 0.3) is 0 Å². The third kappa shape index (κ3) is 5.32. The molecular formula is C15H21ClO4S. The van der Waals surface area contributed by atoms with Gasteiger partial charge in [0.05, 0.1) is 17.1 Å². The van der Waals surface area contributed by atoms with Crippen LogP contribution >= 0.6 is 10.7 Å². The summed E-state index contributed by atoms with van der Waals surface area (Å²) < 4.78 is 28.0. The van der Waals surface area contributed by atoms with Gasteiger partial charge in [-0.05, 0) is 36.5 Å². The Kier molecular flexibility index (Phi) is 6.68. The number of benzene rings is 1. The third-order valence-corrected chi connectivity index (χ3v) is 4.60. The molecule has 1 unspecified atom stereocenters. The van der Waals surface area contributed by atoms with Crippen LogP contribution in [0.4, 0.5) is 0 Å². The summed E-state index contributed by atoms with van der Waals surface area (Å²) in [6.07, 6.45) is 2.61. The molecule has 0 aliphatic heterocycles. The fraction of sp³-hybridized carbons (Fsp3) is 0.533. The molecule has 1 atom stereocenters. The zero-order valence-electron chi connectivity index (χ0n) is 12.6. The molecule has 0 saturated heterocycles. The summed E-state index contributed by atoms with van der Waals surface area (Å²) in [5.74, 6) is -0.221. The maximum Gasteiger partial charge on any atom is 0.338 e. The number of carbonyl (C=O) groups excluding carboxylic acids is 1. The quantitative estimate of drug-likeness (QED) is 0.563. The van der Waals surface area contributed by atoms with Crippen LogP contribution in [0.15, 0.2) is 23.1 Å². The second-order valence-electron chi connectivity index (χ2n) is 5.10. The maximum absolute atomic E-state index is 12.2. The first-order valence-electron chi connectivity index (χ1n) is 7.04. The van der Waals surface area contributed by atoms with Crippen molar-refractivity contribution in [1.29, 1.82) is 0 Å². The van der Waals surface area contributed by atoms with Crippen molar-refractivity contribution in [3.05, 3.63) is 29.3 Å². The largest absolute Gasteiger partial charge is 0.462 e. The smallest absolute Gasteiger partial charge is 0.338 e. The van der Waals surface area contributed by atoms with Crippen LogP contribution < -0.4 is 0 Å². The van der Waals surface area contributed by atoms with Crippen LogP contribution in [0.2, 0.25) is 0 Å². The van der Waals surface area contributed by atoms with E-state index in [2.05, 4.69) is 6.92 Å². The van der Waals surface area contributed by atoms with Gasteiger partial charge in [0.1, 0.15) is 0 Å². The van der Waals surface area contributed by atoms with E-state index in [9.17, 15) is 13.2 Å². The standard InChI is InChI=1S/C15H21ClO4S/c1-4-6-11(3)10-20-15(17)14-9-13(21(16,18)19)8-7-12(14)5-2/h7-9,11H,4-6,10H2,1-3H3. The second kappa shape index (κ2) is 7.80. The fourth-order valence-electron chi connectivity index (χ4n) is 2.08. The molecule has 0 heterocycles. The number of carbonyl (C=O) groups is 1. The highest BCUT2D eigenvalue weighted by Gasteiger charge is 2.18. The molecule has 0 spiro atoms. The lowest BCUT2D eigenvalue weighted by Crippen LogP contribution is -2.14. The molecule has 0 bridgehead atoms. The zero-order chi connectivity index (χ0) is 16.0. The average molecular weight is 333 g/mol. The summed E-state index contributed by atoms with van der Waals surface area (Å²) in [4.78, 5) is 12.1. The predicted octanol–water partition coefficient (Wildman–Crippen LogP) is 3.77. The highest BCUT2D eigenvalue weighted by molar-refractivity contribution is 8.13. The monoisotopic (exact) mass is 332 g/mol. The van der Waals surface area contributed by atoms with E-state index >= 15 is 0 Å². The molecule has 1 aromatic rings. The highest BCUT2D eigenvalue weighted by Crippen LogP contribution is 2.21. The van der Waals surface area contributed by atoms with E-state index in [4.69, 9.17) is 15.4 Å². The van der Waals surface area contributed by atoms with Crippen LogP contribution in [-0.2, 0) is 20.2 Å². The van der Waals surface area contributed by atoms with Gasteiger partial charge in [-0.3, -0.25) is 0 Å². The van der Waals surface area contributed by atoms with Gasteiger partial charge in [-0.1, -0.05) is 33.3 Å². The first-order chi connectivity index (χ1) is 9.79. The fourth-order valence-corrected chi connectivity index (χ4v) is 2.85. The van der Waals surface area contributed by atoms with Crippen molar-refractivity contribution in [3.8, 4) is 0 Å². The van der Waals surface area contributed by atoms with Crippen molar-refractivity contribution in [2.45, 2.75) is 44.9 Å². The number of esters is 1. The van der Waals surface area contributed by atoms with E-state index in [1.807, 2.05) is 13.8 Å². The molecular weight excluding hydrogens is 312 g/mol. The topological polar surface area (TPSA) is 60.4 Å². The summed E-state index contributed by atoms with van der Waals surface area (Å²) in [5, 5.41) is 0. The Morgan fingerprint density at radius 2 is 2.00 bits per heavy atom. The molecule has 0 radical (unpaired) electrons. The molecule has 0 fully saturated rings. The Balaban J connectivity index is 2.96. The minimum absolute atomic E-state index is 0.0880. The summed E-state index contributed by atoms with van der Waals surface area (Å²) in [7, 11) is 1.46. The van der Waals surface area contributed by atoms with Gasteiger partial charge in [-0.25, -0.2) is 13.2 Å². The third-order valence-electron chi connectivity index (χ3n) is 3.24. The van der Waals surface area contributed by atoms with E-state index in [0.29, 0.717) is 13.0 Å². The number of aryl methyl sites for hydroxylation is 1.